The smallest absolute Gasteiger partial charge is 0.412 e. The molecule has 3 heterocycles. The number of nitrogens with one attached hydrogen (secondary N) is 1. The number of carbonyl (C=O) groups is 2. The van der Waals surface area contributed by atoms with Gasteiger partial charge in [0, 0.05) is 25.0 Å². The first-order chi connectivity index (χ1) is 17.7. The number of nitrogens with zero attached hydrogens (tertiary/aromatic N) is 3. The highest BCUT2D eigenvalue weighted by Gasteiger charge is 2.60. The number of pyridine rings is 1. The number of hydrogen-bond donors (Lipinski definition) is 2. The highest BCUT2D eigenvalue weighted by Crippen LogP contribution is 2.42. The topological polar surface area (TPSA) is 142 Å². The normalized spacial score (nSPS) is 20.4. The molecule has 202 valence electrons. The molecule has 2 N–H and O–H groups in total. The number of ether oxygens (including phenoxy) is 3. The number of carbonyl (C=O) groups excluding carboxylic acids is 2. The summed E-state index contributed by atoms with van der Waals surface area (Å²) in [6, 6.07) is 4.61. The maximum absolute atomic E-state index is 14.8. The summed E-state index contributed by atoms with van der Waals surface area (Å²) in [5, 5.41) is 12.3. The number of aliphatic hydroxyl groups excluding tert-OH is 1. The van der Waals surface area contributed by atoms with Gasteiger partial charge < -0.3 is 19.3 Å². The first kappa shape index (κ1) is 28.1. The van der Waals surface area contributed by atoms with E-state index in [2.05, 4.69) is 22.2 Å². The van der Waals surface area contributed by atoms with E-state index < -0.39 is 48.7 Å². The van der Waals surface area contributed by atoms with Crippen LogP contribution in [0.5, 0.6) is 0 Å². The van der Waals surface area contributed by atoms with E-state index in [9.17, 15) is 28.3 Å². The van der Waals surface area contributed by atoms with E-state index in [4.69, 9.17) is 14.2 Å². The van der Waals surface area contributed by atoms with Crippen LogP contribution in [0.2, 0.25) is 0 Å². The quantitative estimate of drug-likeness (QED) is 0.317. The Morgan fingerprint density at radius 1 is 1.24 bits per heavy atom. The van der Waals surface area contributed by atoms with E-state index in [-0.39, 0.29) is 18.8 Å². The lowest BCUT2D eigenvalue weighted by Crippen LogP contribution is -2.42. The number of hydrogen-bond acceptors (Lipinski definition) is 9. The number of unbranched alkanes of at least 4 members (excludes halogenated alkanes) is 3. The van der Waals surface area contributed by atoms with Gasteiger partial charge in [0.25, 0.3) is 0 Å². The van der Waals surface area contributed by atoms with Gasteiger partial charge in [-0.3, -0.25) is 19.7 Å². The van der Waals surface area contributed by atoms with Gasteiger partial charge in [0.2, 0.25) is 6.23 Å². The van der Waals surface area contributed by atoms with Crippen molar-refractivity contribution >= 4 is 17.9 Å². The standard InChI is InChI=1S/C24H30F2N4O7/c1-2-3-4-5-13-35-23(34)29-18-10-12-30(22(33)28-18)21-24(25,26)20(32)17(37-21)15-36-19(31)9-8-16-7-6-11-27-14-16/h6-7,10-12,14,17,20-21,32H,2-5,8-9,13,15H2,1H3,(H,28,29,33,34)/t17-,20-,21-/m1/s1. The molecule has 0 radical (unpaired) electrons. The molecule has 0 aromatic carbocycles. The second-order valence-electron chi connectivity index (χ2n) is 8.51. The van der Waals surface area contributed by atoms with Crippen molar-refractivity contribution in [1.29, 1.82) is 0 Å². The number of halogens is 2. The lowest BCUT2D eigenvalue weighted by molar-refractivity contribution is -0.150. The molecule has 0 aliphatic carbocycles. The van der Waals surface area contributed by atoms with Crippen molar-refractivity contribution in [3.63, 3.8) is 0 Å². The molecule has 2 aromatic rings. The molecule has 1 saturated heterocycles. The molecular formula is C24H30F2N4O7. The zero-order chi connectivity index (χ0) is 26.8. The monoisotopic (exact) mass is 524 g/mol. The molecule has 2 aromatic heterocycles. The molecule has 0 bridgehead atoms. The molecular weight excluding hydrogens is 494 g/mol. The van der Waals surface area contributed by atoms with E-state index in [1.165, 1.54) is 0 Å². The molecule has 13 heteroatoms. The van der Waals surface area contributed by atoms with Crippen LogP contribution >= 0.6 is 0 Å². The number of anilines is 1. The van der Waals surface area contributed by atoms with Crippen molar-refractivity contribution in [3.8, 4) is 0 Å². The summed E-state index contributed by atoms with van der Waals surface area (Å²) >= 11 is 0. The van der Waals surface area contributed by atoms with Gasteiger partial charge in [0.15, 0.2) is 6.10 Å². The van der Waals surface area contributed by atoms with Crippen LogP contribution in [-0.4, -0.2) is 63.0 Å². The molecule has 0 unspecified atom stereocenters. The molecule has 1 fully saturated rings. The number of amides is 1. The molecule has 1 aliphatic heterocycles. The third-order valence-corrected chi connectivity index (χ3v) is 5.67. The Morgan fingerprint density at radius 3 is 2.76 bits per heavy atom. The number of aliphatic hydroxyl groups is 1. The highest BCUT2D eigenvalue weighted by molar-refractivity contribution is 5.83. The third kappa shape index (κ3) is 7.76. The number of esters is 1. The SMILES string of the molecule is CCCCCCOC(=O)Nc1ccn([C@@H]2O[C@H](COC(=O)CCc3cccnc3)[C@@H](O)C2(F)F)c(=O)n1. The predicted molar refractivity (Wildman–Crippen MR) is 126 cm³/mol. The van der Waals surface area contributed by atoms with E-state index >= 15 is 0 Å². The van der Waals surface area contributed by atoms with Crippen molar-refractivity contribution in [2.75, 3.05) is 18.5 Å². The van der Waals surface area contributed by atoms with Crippen LogP contribution in [0.3, 0.4) is 0 Å². The van der Waals surface area contributed by atoms with Gasteiger partial charge in [-0.2, -0.15) is 13.8 Å². The Kier molecular flexibility index (Phi) is 10.0. The fourth-order valence-corrected chi connectivity index (χ4v) is 3.64. The van der Waals surface area contributed by atoms with Gasteiger partial charge in [-0.15, -0.1) is 0 Å². The summed E-state index contributed by atoms with van der Waals surface area (Å²) in [6.45, 7) is 1.61. The van der Waals surface area contributed by atoms with Gasteiger partial charge in [-0.25, -0.2) is 9.59 Å². The van der Waals surface area contributed by atoms with Crippen molar-refractivity contribution in [3.05, 3.63) is 52.8 Å². The van der Waals surface area contributed by atoms with Crippen molar-refractivity contribution in [2.24, 2.45) is 0 Å². The molecule has 37 heavy (non-hydrogen) atoms. The van der Waals surface area contributed by atoms with E-state index in [0.29, 0.717) is 17.4 Å². The largest absolute Gasteiger partial charge is 0.463 e. The number of rotatable bonds is 12. The van der Waals surface area contributed by atoms with Crippen LogP contribution in [-0.2, 0) is 25.4 Å². The first-order valence-electron chi connectivity index (χ1n) is 12.0. The summed E-state index contributed by atoms with van der Waals surface area (Å²) in [7, 11) is 0. The molecule has 0 saturated carbocycles. The van der Waals surface area contributed by atoms with Crippen LogP contribution < -0.4 is 11.0 Å². The molecule has 0 spiro atoms. The highest BCUT2D eigenvalue weighted by atomic mass is 19.3. The minimum Gasteiger partial charge on any atom is -0.463 e. The first-order valence-corrected chi connectivity index (χ1v) is 12.0. The predicted octanol–water partition coefficient (Wildman–Crippen LogP) is 2.84. The van der Waals surface area contributed by atoms with E-state index in [1.807, 2.05) is 0 Å². The molecule has 1 amide bonds. The third-order valence-electron chi connectivity index (χ3n) is 5.67. The minimum atomic E-state index is -3.88. The number of aromatic nitrogens is 3. The van der Waals surface area contributed by atoms with Crippen molar-refractivity contribution in [1.82, 2.24) is 14.5 Å². The summed E-state index contributed by atoms with van der Waals surface area (Å²) in [4.78, 5) is 43.7. The second kappa shape index (κ2) is 13.2. The van der Waals surface area contributed by atoms with Gasteiger partial charge in [0.1, 0.15) is 18.5 Å². The average Bonchev–Trinajstić information content (AvgIpc) is 3.10. The Morgan fingerprint density at radius 2 is 2.05 bits per heavy atom. The van der Waals surface area contributed by atoms with Gasteiger partial charge >= 0.3 is 23.7 Å². The van der Waals surface area contributed by atoms with Gasteiger partial charge in [-0.1, -0.05) is 32.3 Å². The zero-order valence-corrected chi connectivity index (χ0v) is 20.3. The lowest BCUT2D eigenvalue weighted by atomic mass is 10.1. The molecule has 3 rings (SSSR count). The van der Waals surface area contributed by atoms with Crippen LogP contribution in [0.25, 0.3) is 0 Å². The fourth-order valence-electron chi connectivity index (χ4n) is 3.64. The Bertz CT molecular complexity index is 1100. The lowest BCUT2D eigenvalue weighted by Gasteiger charge is -2.21. The molecule has 3 atom stereocenters. The molecule has 11 nitrogen and oxygen atoms in total. The second-order valence-corrected chi connectivity index (χ2v) is 8.51. The van der Waals surface area contributed by atoms with E-state index in [0.717, 1.165) is 37.1 Å². The number of alkyl halides is 2. The maximum Gasteiger partial charge on any atom is 0.412 e. The minimum absolute atomic E-state index is 0.0205. The molecule has 1 aliphatic rings. The average molecular weight is 525 g/mol. The van der Waals surface area contributed by atoms with Crippen LogP contribution in [0, 0.1) is 0 Å². The maximum atomic E-state index is 14.8. The van der Waals surface area contributed by atoms with Crippen LogP contribution in [0.1, 0.15) is 50.8 Å². The Hall–Kier alpha value is -3.45. The van der Waals surface area contributed by atoms with E-state index in [1.54, 1.807) is 24.5 Å². The zero-order valence-electron chi connectivity index (χ0n) is 20.3. The fraction of sp³-hybridized carbons (Fsp3) is 0.542. The van der Waals surface area contributed by atoms with Gasteiger partial charge in [-0.05, 0) is 30.5 Å². The summed E-state index contributed by atoms with van der Waals surface area (Å²) in [5.41, 5.74) is -0.347. The Balaban J connectivity index is 1.54. The summed E-state index contributed by atoms with van der Waals surface area (Å²) in [6.07, 6.45) is 1.17. The Labute approximate surface area is 211 Å². The summed E-state index contributed by atoms with van der Waals surface area (Å²) < 4.78 is 45.2. The van der Waals surface area contributed by atoms with Crippen LogP contribution in [0.4, 0.5) is 19.4 Å². The van der Waals surface area contributed by atoms with Gasteiger partial charge in [0.05, 0.1) is 6.61 Å². The van der Waals surface area contributed by atoms with Crippen molar-refractivity contribution in [2.45, 2.75) is 69.8 Å². The van der Waals surface area contributed by atoms with Crippen LogP contribution in [0.15, 0.2) is 41.6 Å². The number of aryl methyl sites for hydroxylation is 1. The van der Waals surface area contributed by atoms with Crippen molar-refractivity contribution < 1.29 is 37.7 Å². The summed E-state index contributed by atoms with van der Waals surface area (Å²) in [5.74, 6) is -4.75.